The van der Waals surface area contributed by atoms with Gasteiger partial charge in [0, 0.05) is 0 Å². The van der Waals surface area contributed by atoms with E-state index in [0.29, 0.717) is 0 Å². The van der Waals surface area contributed by atoms with Crippen molar-refractivity contribution in [2.24, 2.45) is 0 Å². The maximum absolute atomic E-state index is 10.3. The summed E-state index contributed by atoms with van der Waals surface area (Å²) in [4.78, 5) is 10.3. The highest BCUT2D eigenvalue weighted by atomic mass is 16.6. The number of aliphatic carboxylic acids is 1. The van der Waals surface area contributed by atoms with Crippen molar-refractivity contribution in [1.29, 1.82) is 0 Å². The van der Waals surface area contributed by atoms with E-state index in [1.54, 1.807) is 0 Å². The van der Waals surface area contributed by atoms with E-state index in [2.05, 4.69) is 4.74 Å². The van der Waals surface area contributed by atoms with Crippen molar-refractivity contribution in [3.8, 4) is 0 Å². The Bertz CT molecular complexity index is 222. The predicted molar refractivity (Wildman–Crippen MR) is 34.8 cm³/mol. The molecule has 1 rings (SSSR count). The van der Waals surface area contributed by atoms with Gasteiger partial charge in [0.05, 0.1) is 0 Å². The molecule has 4 N–H and O–H groups in total. The molecule has 0 unspecified atom stereocenters. The Kier molecular flexibility index (Phi) is 2.32. The summed E-state index contributed by atoms with van der Waals surface area (Å²) in [5.41, 5.74) is 0. The van der Waals surface area contributed by atoms with Gasteiger partial charge in [-0.25, -0.2) is 4.79 Å². The average Bonchev–Trinajstić information content (AvgIpc) is 1.99. The second-order valence-corrected chi connectivity index (χ2v) is 2.33. The number of carboxylic acids is 1. The Morgan fingerprint density at radius 1 is 1.42 bits per heavy atom. The monoisotopic (exact) mass is 176 g/mol. The van der Waals surface area contributed by atoms with Crippen molar-refractivity contribution >= 4 is 5.97 Å². The Morgan fingerprint density at radius 3 is 2.42 bits per heavy atom. The van der Waals surface area contributed by atoms with Gasteiger partial charge in [-0.05, 0) is 6.08 Å². The first-order chi connectivity index (χ1) is 5.52. The molecule has 0 radical (unpaired) electrons. The van der Waals surface area contributed by atoms with E-state index in [9.17, 15) is 4.79 Å². The first-order valence-electron chi connectivity index (χ1n) is 3.18. The fraction of sp³-hybridized carbons (Fsp3) is 0.500. The third-order valence-electron chi connectivity index (χ3n) is 1.42. The van der Waals surface area contributed by atoms with E-state index in [1.165, 1.54) is 0 Å². The molecule has 0 aromatic rings. The molecule has 0 aliphatic carbocycles. The van der Waals surface area contributed by atoms with Gasteiger partial charge in [-0.1, -0.05) is 0 Å². The van der Waals surface area contributed by atoms with E-state index in [0.717, 1.165) is 6.08 Å². The molecule has 1 aliphatic heterocycles. The van der Waals surface area contributed by atoms with Gasteiger partial charge in [0.1, 0.15) is 12.2 Å². The summed E-state index contributed by atoms with van der Waals surface area (Å²) < 4.78 is 4.34. The fourth-order valence-electron chi connectivity index (χ4n) is 0.783. The lowest BCUT2D eigenvalue weighted by Crippen LogP contribution is -2.42. The second kappa shape index (κ2) is 3.10. The highest BCUT2D eigenvalue weighted by Gasteiger charge is 2.32. The first-order valence-corrected chi connectivity index (χ1v) is 3.18. The molecule has 0 aromatic heterocycles. The SMILES string of the molecule is O=C(O)C1=C[C@@H](O)[C@@H](O)[C@@H](O)O1. The van der Waals surface area contributed by atoms with E-state index < -0.39 is 30.2 Å². The van der Waals surface area contributed by atoms with Crippen molar-refractivity contribution < 1.29 is 30.0 Å². The number of hydrogen-bond acceptors (Lipinski definition) is 5. The average molecular weight is 176 g/mol. The molecule has 0 saturated carbocycles. The molecule has 1 aliphatic rings. The first kappa shape index (κ1) is 8.98. The number of ether oxygens (including phenoxy) is 1. The predicted octanol–water partition coefficient (Wildman–Crippen LogP) is -1.97. The minimum absolute atomic E-state index is 0.569. The van der Waals surface area contributed by atoms with Crippen molar-refractivity contribution in [1.82, 2.24) is 0 Å². The van der Waals surface area contributed by atoms with Crippen molar-refractivity contribution in [2.75, 3.05) is 0 Å². The van der Waals surface area contributed by atoms with Gasteiger partial charge in [-0.2, -0.15) is 0 Å². The van der Waals surface area contributed by atoms with Crippen LogP contribution in [0.5, 0.6) is 0 Å². The van der Waals surface area contributed by atoms with Crippen LogP contribution in [0.1, 0.15) is 0 Å². The van der Waals surface area contributed by atoms with Crippen LogP contribution < -0.4 is 0 Å². The van der Waals surface area contributed by atoms with E-state index in [1.807, 2.05) is 0 Å². The van der Waals surface area contributed by atoms with Crippen LogP contribution in [-0.4, -0.2) is 44.9 Å². The normalized spacial score (nSPS) is 35.2. The summed E-state index contributed by atoms with van der Waals surface area (Å²) in [5, 5.41) is 35.0. The minimum atomic E-state index is -1.70. The zero-order chi connectivity index (χ0) is 9.30. The van der Waals surface area contributed by atoms with Crippen LogP contribution in [0, 0.1) is 0 Å². The Morgan fingerprint density at radius 2 is 2.00 bits per heavy atom. The summed E-state index contributed by atoms with van der Waals surface area (Å²) in [6.45, 7) is 0. The molecule has 68 valence electrons. The van der Waals surface area contributed by atoms with E-state index in [-0.39, 0.29) is 0 Å². The highest BCUT2D eigenvalue weighted by molar-refractivity contribution is 5.84. The molecular formula is C6H8O6. The topological polar surface area (TPSA) is 107 Å². The van der Waals surface area contributed by atoms with E-state index >= 15 is 0 Å². The number of aliphatic hydroxyl groups excluding tert-OH is 3. The van der Waals surface area contributed by atoms with Crippen LogP contribution in [0.4, 0.5) is 0 Å². The third kappa shape index (κ3) is 1.55. The zero-order valence-electron chi connectivity index (χ0n) is 5.91. The summed E-state index contributed by atoms with van der Waals surface area (Å²) in [6.07, 6.45) is -3.80. The molecule has 0 aromatic carbocycles. The van der Waals surface area contributed by atoms with Gasteiger partial charge in [-0.15, -0.1) is 0 Å². The molecule has 1 heterocycles. The minimum Gasteiger partial charge on any atom is -0.475 e. The van der Waals surface area contributed by atoms with E-state index in [4.69, 9.17) is 20.4 Å². The van der Waals surface area contributed by atoms with Gasteiger partial charge in [0.25, 0.3) is 0 Å². The van der Waals surface area contributed by atoms with Crippen molar-refractivity contribution in [3.63, 3.8) is 0 Å². The Labute approximate surface area is 67.3 Å². The fourth-order valence-corrected chi connectivity index (χ4v) is 0.783. The number of aliphatic hydroxyl groups is 3. The molecule has 3 atom stereocenters. The van der Waals surface area contributed by atoms with Gasteiger partial charge < -0.3 is 25.2 Å². The summed E-state index contributed by atoms with van der Waals surface area (Å²) in [5.74, 6) is -1.97. The molecule has 0 saturated heterocycles. The van der Waals surface area contributed by atoms with Crippen LogP contribution in [0.15, 0.2) is 11.8 Å². The molecule has 12 heavy (non-hydrogen) atoms. The van der Waals surface area contributed by atoms with Gasteiger partial charge in [0.15, 0.2) is 0 Å². The third-order valence-corrected chi connectivity index (χ3v) is 1.42. The summed E-state index contributed by atoms with van der Waals surface area (Å²) in [6, 6.07) is 0. The van der Waals surface area contributed by atoms with Crippen LogP contribution >= 0.6 is 0 Å². The van der Waals surface area contributed by atoms with Crippen molar-refractivity contribution in [3.05, 3.63) is 11.8 Å². The van der Waals surface area contributed by atoms with Gasteiger partial charge in [-0.3, -0.25) is 0 Å². The van der Waals surface area contributed by atoms with Crippen LogP contribution in [0.2, 0.25) is 0 Å². The number of rotatable bonds is 1. The summed E-state index contributed by atoms with van der Waals surface area (Å²) in [7, 11) is 0. The molecule has 6 heteroatoms. The summed E-state index contributed by atoms with van der Waals surface area (Å²) >= 11 is 0. The molecule has 6 nitrogen and oxygen atoms in total. The number of carbonyl (C=O) groups is 1. The smallest absolute Gasteiger partial charge is 0.371 e. The number of carboxylic acid groups (broad SMARTS) is 1. The lowest BCUT2D eigenvalue weighted by molar-refractivity contribution is -0.183. The maximum Gasteiger partial charge on any atom is 0.371 e. The highest BCUT2D eigenvalue weighted by Crippen LogP contribution is 2.16. The van der Waals surface area contributed by atoms with Gasteiger partial charge >= 0.3 is 5.97 Å². The van der Waals surface area contributed by atoms with Crippen LogP contribution in [0.25, 0.3) is 0 Å². The second-order valence-electron chi connectivity index (χ2n) is 2.33. The number of hydrogen-bond donors (Lipinski definition) is 4. The van der Waals surface area contributed by atoms with Crippen molar-refractivity contribution in [2.45, 2.75) is 18.5 Å². The Balaban J connectivity index is 2.81. The van der Waals surface area contributed by atoms with Gasteiger partial charge in [0.2, 0.25) is 12.0 Å². The Hall–Kier alpha value is -1.11. The maximum atomic E-state index is 10.3. The molecule has 0 spiro atoms. The lowest BCUT2D eigenvalue weighted by Gasteiger charge is -2.26. The molecule has 0 fully saturated rings. The quantitative estimate of drug-likeness (QED) is 0.369. The zero-order valence-corrected chi connectivity index (χ0v) is 5.91. The largest absolute Gasteiger partial charge is 0.475 e. The van der Waals surface area contributed by atoms with Crippen LogP contribution in [-0.2, 0) is 9.53 Å². The standard InChI is InChI=1S/C6H8O6/c7-2-1-3(5(9)10)12-6(11)4(2)8/h1-2,4,6-8,11H,(H,9,10)/t2-,4-,6+/m1/s1. The lowest BCUT2D eigenvalue weighted by atomic mass is 10.1. The molecule has 0 bridgehead atoms. The van der Waals surface area contributed by atoms with Crippen LogP contribution in [0.3, 0.4) is 0 Å². The molecular weight excluding hydrogens is 168 g/mol. The molecule has 0 amide bonds.